The molecule has 1 N–H and O–H groups in total. The highest BCUT2D eigenvalue weighted by molar-refractivity contribution is 5.23. The number of nitrogens with one attached hydrogen (secondary N) is 1. The van der Waals surface area contributed by atoms with E-state index in [2.05, 4.69) is 56.4 Å². The predicted octanol–water partition coefficient (Wildman–Crippen LogP) is 4.15. The quantitative estimate of drug-likeness (QED) is 0.653. The Balaban J connectivity index is 1.60. The van der Waals surface area contributed by atoms with Gasteiger partial charge in [-0.2, -0.15) is 0 Å². The zero-order valence-electron chi connectivity index (χ0n) is 13.9. The maximum Gasteiger partial charge on any atom is 0.0494 e. The Morgan fingerprint density at radius 3 is 2.62 bits per heavy atom. The fourth-order valence-electron chi connectivity index (χ4n) is 2.90. The lowest BCUT2D eigenvalue weighted by Crippen LogP contribution is -2.34. The van der Waals surface area contributed by atoms with Crippen molar-refractivity contribution in [3.63, 3.8) is 0 Å². The Labute approximate surface area is 130 Å². The number of ether oxygens (including phenoxy) is 1. The average Bonchev–Trinajstić information content (AvgIpc) is 3.27. The van der Waals surface area contributed by atoms with Crippen LogP contribution >= 0.6 is 0 Å². The van der Waals surface area contributed by atoms with Gasteiger partial charge in [-0.25, -0.2) is 0 Å². The number of benzene rings is 1. The van der Waals surface area contributed by atoms with E-state index < -0.39 is 0 Å². The fraction of sp³-hybridized carbons (Fsp3) is 0.684. The molecule has 2 heteroatoms. The van der Waals surface area contributed by atoms with Crippen LogP contribution in [-0.4, -0.2) is 25.8 Å². The first-order valence-corrected chi connectivity index (χ1v) is 8.44. The maximum absolute atomic E-state index is 5.67. The monoisotopic (exact) mass is 289 g/mol. The van der Waals surface area contributed by atoms with E-state index in [1.807, 2.05) is 0 Å². The van der Waals surface area contributed by atoms with E-state index in [-0.39, 0.29) is 5.41 Å². The van der Waals surface area contributed by atoms with Crippen molar-refractivity contribution in [1.82, 2.24) is 5.32 Å². The van der Waals surface area contributed by atoms with E-state index in [0.29, 0.717) is 6.04 Å². The molecule has 0 saturated heterocycles. The summed E-state index contributed by atoms with van der Waals surface area (Å²) in [4.78, 5) is 0. The van der Waals surface area contributed by atoms with Crippen molar-refractivity contribution in [2.24, 2.45) is 5.92 Å². The smallest absolute Gasteiger partial charge is 0.0494 e. The second-order valence-corrected chi connectivity index (χ2v) is 7.18. The Morgan fingerprint density at radius 2 is 1.95 bits per heavy atom. The van der Waals surface area contributed by atoms with Gasteiger partial charge in [-0.15, -0.1) is 0 Å². The Kier molecular flexibility index (Phi) is 6.25. The van der Waals surface area contributed by atoms with Gasteiger partial charge in [0.2, 0.25) is 0 Å². The van der Waals surface area contributed by atoms with Gasteiger partial charge in [-0.3, -0.25) is 0 Å². The third-order valence-electron chi connectivity index (χ3n) is 4.38. The van der Waals surface area contributed by atoms with Gasteiger partial charge >= 0.3 is 0 Å². The molecule has 1 aliphatic carbocycles. The molecule has 118 valence electrons. The van der Waals surface area contributed by atoms with Crippen LogP contribution in [0.2, 0.25) is 0 Å². The molecule has 2 rings (SSSR count). The van der Waals surface area contributed by atoms with Crippen molar-refractivity contribution in [1.29, 1.82) is 0 Å². The molecule has 1 atom stereocenters. The van der Waals surface area contributed by atoms with Gasteiger partial charge < -0.3 is 10.1 Å². The van der Waals surface area contributed by atoms with Crippen molar-refractivity contribution in [2.75, 3.05) is 19.8 Å². The molecule has 2 nitrogen and oxygen atoms in total. The maximum atomic E-state index is 5.67. The fourth-order valence-corrected chi connectivity index (χ4v) is 2.90. The van der Waals surface area contributed by atoms with Gasteiger partial charge in [0.15, 0.2) is 0 Å². The van der Waals surface area contributed by atoms with E-state index in [4.69, 9.17) is 4.74 Å². The summed E-state index contributed by atoms with van der Waals surface area (Å²) in [6.45, 7) is 9.89. The van der Waals surface area contributed by atoms with Crippen LogP contribution in [0.25, 0.3) is 0 Å². The summed E-state index contributed by atoms with van der Waals surface area (Å²) in [5, 5.41) is 3.63. The molecule has 1 aromatic rings. The standard InChI is InChI=1S/C19H31NO/c1-16(20-12-7-13-21-15-17-10-11-17)14-19(2,3)18-8-5-4-6-9-18/h4-6,8-9,16-17,20H,7,10-15H2,1-3H3. The molecular weight excluding hydrogens is 258 g/mol. The molecule has 1 aliphatic rings. The average molecular weight is 289 g/mol. The number of hydrogen-bond acceptors (Lipinski definition) is 2. The van der Waals surface area contributed by atoms with Crippen LogP contribution in [0, 0.1) is 5.92 Å². The first kappa shape index (κ1) is 16.5. The van der Waals surface area contributed by atoms with E-state index in [1.165, 1.54) is 18.4 Å². The molecule has 21 heavy (non-hydrogen) atoms. The van der Waals surface area contributed by atoms with Gasteiger partial charge in [0.25, 0.3) is 0 Å². The Morgan fingerprint density at radius 1 is 1.24 bits per heavy atom. The third kappa shape index (κ3) is 6.19. The SMILES string of the molecule is CC(CC(C)(C)c1ccccc1)NCCCOCC1CC1. The van der Waals surface area contributed by atoms with Crippen LogP contribution in [0.3, 0.4) is 0 Å². The van der Waals surface area contributed by atoms with Crippen LogP contribution in [0.5, 0.6) is 0 Å². The van der Waals surface area contributed by atoms with Gasteiger partial charge in [0, 0.05) is 19.3 Å². The zero-order chi connectivity index (χ0) is 15.1. The molecule has 1 saturated carbocycles. The minimum absolute atomic E-state index is 0.218. The molecular formula is C19H31NO. The molecule has 0 bridgehead atoms. The normalized spacial score (nSPS) is 16.9. The van der Waals surface area contributed by atoms with Crippen LogP contribution in [-0.2, 0) is 10.2 Å². The topological polar surface area (TPSA) is 21.3 Å². The lowest BCUT2D eigenvalue weighted by Gasteiger charge is -2.29. The van der Waals surface area contributed by atoms with Gasteiger partial charge in [0.05, 0.1) is 0 Å². The Bertz CT molecular complexity index is 397. The Hall–Kier alpha value is -0.860. The summed E-state index contributed by atoms with van der Waals surface area (Å²) in [7, 11) is 0. The molecule has 0 radical (unpaired) electrons. The highest BCUT2D eigenvalue weighted by atomic mass is 16.5. The lowest BCUT2D eigenvalue weighted by atomic mass is 9.79. The lowest BCUT2D eigenvalue weighted by molar-refractivity contribution is 0.121. The minimum Gasteiger partial charge on any atom is -0.381 e. The molecule has 0 aliphatic heterocycles. The molecule has 1 unspecified atom stereocenters. The van der Waals surface area contributed by atoms with E-state index in [0.717, 1.165) is 38.5 Å². The highest BCUT2D eigenvalue weighted by Crippen LogP contribution is 2.29. The number of hydrogen-bond donors (Lipinski definition) is 1. The second-order valence-electron chi connectivity index (χ2n) is 7.18. The van der Waals surface area contributed by atoms with Crippen LogP contribution in [0.4, 0.5) is 0 Å². The van der Waals surface area contributed by atoms with Gasteiger partial charge in [0.1, 0.15) is 0 Å². The molecule has 0 spiro atoms. The van der Waals surface area contributed by atoms with Crippen molar-refractivity contribution in [3.8, 4) is 0 Å². The van der Waals surface area contributed by atoms with Crippen molar-refractivity contribution in [3.05, 3.63) is 35.9 Å². The van der Waals surface area contributed by atoms with Crippen LogP contribution in [0.1, 0.15) is 52.0 Å². The molecule has 1 fully saturated rings. The van der Waals surface area contributed by atoms with E-state index >= 15 is 0 Å². The zero-order valence-corrected chi connectivity index (χ0v) is 13.9. The second kappa shape index (κ2) is 7.95. The summed E-state index contributed by atoms with van der Waals surface area (Å²) in [5.41, 5.74) is 1.64. The van der Waals surface area contributed by atoms with Crippen molar-refractivity contribution >= 4 is 0 Å². The molecule has 0 heterocycles. The van der Waals surface area contributed by atoms with Crippen LogP contribution < -0.4 is 5.32 Å². The molecule has 1 aromatic carbocycles. The van der Waals surface area contributed by atoms with Gasteiger partial charge in [-0.1, -0.05) is 44.2 Å². The summed E-state index contributed by atoms with van der Waals surface area (Å²) in [6.07, 6.45) is 5.02. The van der Waals surface area contributed by atoms with Crippen molar-refractivity contribution < 1.29 is 4.74 Å². The molecule has 0 amide bonds. The van der Waals surface area contributed by atoms with Gasteiger partial charge in [-0.05, 0) is 56.0 Å². The van der Waals surface area contributed by atoms with Crippen LogP contribution in [0.15, 0.2) is 30.3 Å². The van der Waals surface area contributed by atoms with E-state index in [1.54, 1.807) is 0 Å². The summed E-state index contributed by atoms with van der Waals surface area (Å²) in [6, 6.07) is 11.3. The first-order valence-electron chi connectivity index (χ1n) is 8.44. The van der Waals surface area contributed by atoms with E-state index in [9.17, 15) is 0 Å². The summed E-state index contributed by atoms with van der Waals surface area (Å²) in [5.74, 6) is 0.878. The summed E-state index contributed by atoms with van der Waals surface area (Å²) >= 11 is 0. The third-order valence-corrected chi connectivity index (χ3v) is 4.38. The number of rotatable bonds is 10. The highest BCUT2D eigenvalue weighted by Gasteiger charge is 2.23. The largest absolute Gasteiger partial charge is 0.381 e. The molecule has 0 aromatic heterocycles. The van der Waals surface area contributed by atoms with Crippen molar-refractivity contribution in [2.45, 2.75) is 57.9 Å². The predicted molar refractivity (Wildman–Crippen MR) is 89.7 cm³/mol. The summed E-state index contributed by atoms with van der Waals surface area (Å²) < 4.78 is 5.67. The first-order chi connectivity index (χ1) is 10.1. The minimum atomic E-state index is 0.218.